The van der Waals surface area contributed by atoms with Crippen molar-refractivity contribution in [1.29, 1.82) is 0 Å². The lowest BCUT2D eigenvalue weighted by Crippen LogP contribution is -2.46. The van der Waals surface area contributed by atoms with Gasteiger partial charge in [-0.05, 0) is 108 Å². The van der Waals surface area contributed by atoms with Gasteiger partial charge in [-0.1, -0.05) is 123 Å². The predicted octanol–water partition coefficient (Wildman–Crippen LogP) is 17.0. The number of fused-ring (bicyclic) bond motifs is 8. The van der Waals surface area contributed by atoms with Crippen molar-refractivity contribution >= 4 is 124 Å². The van der Waals surface area contributed by atoms with Gasteiger partial charge in [0.25, 0.3) is 0 Å². The lowest BCUT2D eigenvalue weighted by atomic mass is 9.91. The van der Waals surface area contributed by atoms with Crippen LogP contribution in [0, 0.1) is 0 Å². The minimum atomic E-state index is -1.90. The lowest BCUT2D eigenvalue weighted by molar-refractivity contribution is 0.672. The molecule has 0 aliphatic carbocycles. The van der Waals surface area contributed by atoms with Crippen LogP contribution in [0.3, 0.4) is 0 Å². The summed E-state index contributed by atoms with van der Waals surface area (Å²) in [5.41, 5.74) is 10.1. The molecule has 10 aromatic carbocycles. The first-order chi connectivity index (χ1) is 31.1. The summed E-state index contributed by atoms with van der Waals surface area (Å²) in [6, 6.07) is 71.3. The summed E-state index contributed by atoms with van der Waals surface area (Å²) in [7, 11) is -1.90. The van der Waals surface area contributed by atoms with E-state index in [1.165, 1.54) is 45.1 Å². The summed E-state index contributed by atoms with van der Waals surface area (Å²) < 4.78 is 14.1. The van der Waals surface area contributed by atoms with Crippen molar-refractivity contribution < 1.29 is 8.83 Å². The van der Waals surface area contributed by atoms with Crippen molar-refractivity contribution in [2.24, 2.45) is 0 Å². The van der Waals surface area contributed by atoms with E-state index in [2.05, 4.69) is 219 Å². The average Bonchev–Trinajstić information content (AvgIpc) is 3.90. The minimum absolute atomic E-state index is 0.879. The SMILES string of the molecule is CC[Si](CC)(CC)c1cc2cc3c4ccc(N(c5ccccc5)c5ccccc5)cc4oc3c3ccc4c5oc6cc(N(c7ccccc7)c7ccccc7)ccc6c5cc1c4c23. The van der Waals surface area contributed by atoms with E-state index >= 15 is 0 Å². The molecule has 0 fully saturated rings. The topological polar surface area (TPSA) is 32.8 Å². The zero-order valence-electron chi connectivity index (χ0n) is 35.7. The monoisotopic (exact) mass is 830 g/mol. The van der Waals surface area contributed by atoms with Gasteiger partial charge < -0.3 is 18.6 Å². The third-order valence-electron chi connectivity index (χ3n) is 14.0. The van der Waals surface area contributed by atoms with Gasteiger partial charge in [0.2, 0.25) is 0 Å². The Balaban J connectivity index is 1.11. The third-order valence-corrected chi connectivity index (χ3v) is 19.6. The zero-order chi connectivity index (χ0) is 42.2. The Bertz CT molecular complexity index is 3550. The molecule has 12 rings (SSSR count). The highest BCUT2D eigenvalue weighted by molar-refractivity contribution is 6.93. The van der Waals surface area contributed by atoms with Crippen LogP contribution in [0.15, 0.2) is 197 Å². The van der Waals surface area contributed by atoms with Crippen LogP contribution in [0.25, 0.3) is 76.2 Å². The summed E-state index contributed by atoms with van der Waals surface area (Å²) in [5, 5.41) is 13.6. The molecule has 2 aromatic heterocycles. The van der Waals surface area contributed by atoms with Crippen molar-refractivity contribution in [3.8, 4) is 0 Å². The van der Waals surface area contributed by atoms with Gasteiger partial charge in [-0.25, -0.2) is 0 Å². The number of nitrogens with zero attached hydrogens (tertiary/aromatic N) is 2. The zero-order valence-corrected chi connectivity index (χ0v) is 36.7. The molecule has 0 aliphatic heterocycles. The van der Waals surface area contributed by atoms with Crippen LogP contribution in [-0.4, -0.2) is 8.07 Å². The highest BCUT2D eigenvalue weighted by Gasteiger charge is 2.33. The lowest BCUT2D eigenvalue weighted by Gasteiger charge is -2.31. The van der Waals surface area contributed by atoms with Crippen LogP contribution in [0.4, 0.5) is 34.1 Å². The molecule has 0 unspecified atom stereocenters. The smallest absolute Gasteiger partial charge is 0.143 e. The molecule has 5 heteroatoms. The first-order valence-electron chi connectivity index (χ1n) is 22.4. The Morgan fingerprint density at radius 1 is 0.349 bits per heavy atom. The maximum Gasteiger partial charge on any atom is 0.143 e. The van der Waals surface area contributed by atoms with E-state index < -0.39 is 8.07 Å². The summed E-state index contributed by atoms with van der Waals surface area (Å²) >= 11 is 0. The second-order valence-electron chi connectivity index (χ2n) is 17.0. The normalized spacial score (nSPS) is 12.2. The van der Waals surface area contributed by atoms with Crippen LogP contribution >= 0.6 is 0 Å². The fourth-order valence-corrected chi connectivity index (χ4v) is 14.6. The predicted molar refractivity (Wildman–Crippen MR) is 271 cm³/mol. The second kappa shape index (κ2) is 14.6. The van der Waals surface area contributed by atoms with Gasteiger partial charge in [-0.15, -0.1) is 0 Å². The van der Waals surface area contributed by atoms with Gasteiger partial charge in [0.1, 0.15) is 22.3 Å². The molecule has 63 heavy (non-hydrogen) atoms. The van der Waals surface area contributed by atoms with E-state index in [0.717, 1.165) is 83.4 Å². The van der Waals surface area contributed by atoms with Crippen LogP contribution in [0.1, 0.15) is 20.8 Å². The highest BCUT2D eigenvalue weighted by Crippen LogP contribution is 2.48. The Labute approximate surface area is 367 Å². The summed E-state index contributed by atoms with van der Waals surface area (Å²) in [5.74, 6) is 0. The molecule has 2 heterocycles. The molecule has 304 valence electrons. The quantitative estimate of drug-likeness (QED) is 0.102. The fourth-order valence-electron chi connectivity index (χ4n) is 10.7. The molecule has 0 N–H and O–H groups in total. The van der Waals surface area contributed by atoms with E-state index in [1.807, 2.05) is 0 Å². The Kier molecular flexibility index (Phi) is 8.70. The van der Waals surface area contributed by atoms with Crippen LogP contribution in [-0.2, 0) is 0 Å². The van der Waals surface area contributed by atoms with Crippen molar-refractivity contribution in [1.82, 2.24) is 0 Å². The van der Waals surface area contributed by atoms with Crippen molar-refractivity contribution in [2.75, 3.05) is 9.80 Å². The standard InChI is InChI=1S/C58H46N2O2Si/c1-4-63(5-2,6-3)54-34-38-33-49-45-29-27-43(59(39-19-11-7-12-20-39)40-21-13-8-14-22-40)35-52(45)61-57(49)47-31-32-48-56(55(38)47)51(54)37-50-46-30-28-44(36-53(46)62-58(48)50)60(41-23-15-9-16-24-41)42-25-17-10-18-26-42/h7-37H,4-6H2,1-3H3. The van der Waals surface area contributed by atoms with E-state index in [4.69, 9.17) is 8.83 Å². The number of rotatable bonds is 10. The first kappa shape index (κ1) is 37.4. The second-order valence-corrected chi connectivity index (χ2v) is 22.3. The Morgan fingerprint density at radius 2 is 0.746 bits per heavy atom. The minimum Gasteiger partial charge on any atom is -0.455 e. The number of furan rings is 2. The molecule has 0 saturated heterocycles. The third kappa shape index (κ3) is 5.73. The van der Waals surface area contributed by atoms with Crippen molar-refractivity contribution in [2.45, 2.75) is 38.9 Å². The van der Waals surface area contributed by atoms with Crippen molar-refractivity contribution in [3.05, 3.63) is 188 Å². The molecular formula is C58H46N2O2Si. The molecule has 0 bridgehead atoms. The first-order valence-corrected chi connectivity index (χ1v) is 25.0. The number of hydrogen-bond donors (Lipinski definition) is 0. The number of hydrogen-bond acceptors (Lipinski definition) is 4. The van der Waals surface area contributed by atoms with E-state index in [0.29, 0.717) is 0 Å². The van der Waals surface area contributed by atoms with Gasteiger partial charge in [-0.2, -0.15) is 0 Å². The molecule has 0 spiro atoms. The summed E-state index contributed by atoms with van der Waals surface area (Å²) in [6.07, 6.45) is 0. The molecule has 0 radical (unpaired) electrons. The summed E-state index contributed by atoms with van der Waals surface area (Å²) in [6.45, 7) is 7.26. The molecular weight excluding hydrogens is 785 g/mol. The number of anilines is 6. The van der Waals surface area contributed by atoms with Gasteiger partial charge in [-0.3, -0.25) is 0 Å². The highest BCUT2D eigenvalue weighted by atomic mass is 28.3. The number of para-hydroxylation sites is 4. The van der Waals surface area contributed by atoms with E-state index in [9.17, 15) is 0 Å². The van der Waals surface area contributed by atoms with E-state index in [1.54, 1.807) is 5.19 Å². The maximum absolute atomic E-state index is 7.08. The molecule has 4 nitrogen and oxygen atoms in total. The largest absolute Gasteiger partial charge is 0.455 e. The molecule has 0 aliphatic rings. The fraction of sp³-hybridized carbons (Fsp3) is 0.103. The van der Waals surface area contributed by atoms with Crippen LogP contribution in [0.5, 0.6) is 0 Å². The molecule has 0 amide bonds. The maximum atomic E-state index is 7.08. The van der Waals surface area contributed by atoms with Crippen LogP contribution in [0.2, 0.25) is 18.1 Å². The van der Waals surface area contributed by atoms with Crippen LogP contribution < -0.4 is 15.0 Å². The molecule has 0 saturated carbocycles. The van der Waals surface area contributed by atoms with Crippen molar-refractivity contribution in [3.63, 3.8) is 0 Å². The molecule has 12 aromatic rings. The van der Waals surface area contributed by atoms with Gasteiger partial charge in [0, 0.05) is 89.3 Å². The average molecular weight is 831 g/mol. The van der Waals surface area contributed by atoms with Gasteiger partial charge >= 0.3 is 0 Å². The Hall–Kier alpha value is -7.34. The van der Waals surface area contributed by atoms with Gasteiger partial charge in [0.05, 0.1) is 8.07 Å². The van der Waals surface area contributed by atoms with E-state index in [-0.39, 0.29) is 0 Å². The summed E-state index contributed by atoms with van der Waals surface area (Å²) in [4.78, 5) is 4.60. The molecule has 0 atom stereocenters. The Morgan fingerprint density at radius 3 is 1.17 bits per heavy atom. The van der Waals surface area contributed by atoms with Gasteiger partial charge in [0.15, 0.2) is 0 Å². The number of benzene rings is 10.